The summed E-state index contributed by atoms with van der Waals surface area (Å²) in [5, 5.41) is 0. The average molecular weight is 248 g/mol. The Morgan fingerprint density at radius 3 is 2.33 bits per heavy atom. The van der Waals surface area contributed by atoms with Crippen molar-refractivity contribution in [3.8, 4) is 5.75 Å². The fourth-order valence-electron chi connectivity index (χ4n) is 1.80. The van der Waals surface area contributed by atoms with E-state index in [1.54, 1.807) is 0 Å². The minimum absolute atomic E-state index is 0.130. The lowest BCUT2D eigenvalue weighted by Crippen LogP contribution is -2.22. The molecule has 100 valence electrons. The van der Waals surface area contributed by atoms with E-state index < -0.39 is 0 Å². The minimum atomic E-state index is -0.130. The van der Waals surface area contributed by atoms with Gasteiger partial charge in [-0.3, -0.25) is 0 Å². The van der Waals surface area contributed by atoms with Crippen molar-refractivity contribution in [3.63, 3.8) is 0 Å². The molecule has 0 saturated heterocycles. The molecule has 1 aromatic carbocycles. The largest absolute Gasteiger partial charge is 0.488 e. The SMILES string of the molecule is CC(C)(C)Oc1ccc(CCOCC2CC2)cc1. The van der Waals surface area contributed by atoms with Crippen LogP contribution in [0.15, 0.2) is 24.3 Å². The molecule has 0 heterocycles. The van der Waals surface area contributed by atoms with Crippen LogP contribution in [0.3, 0.4) is 0 Å². The summed E-state index contributed by atoms with van der Waals surface area (Å²) in [6, 6.07) is 8.34. The summed E-state index contributed by atoms with van der Waals surface area (Å²) >= 11 is 0. The van der Waals surface area contributed by atoms with Crippen LogP contribution in [0.2, 0.25) is 0 Å². The Morgan fingerprint density at radius 2 is 1.78 bits per heavy atom. The van der Waals surface area contributed by atoms with Gasteiger partial charge in [0.15, 0.2) is 0 Å². The lowest BCUT2D eigenvalue weighted by molar-refractivity contribution is 0.126. The average Bonchev–Trinajstić information content (AvgIpc) is 3.08. The van der Waals surface area contributed by atoms with Crippen molar-refractivity contribution >= 4 is 0 Å². The van der Waals surface area contributed by atoms with Gasteiger partial charge in [0.1, 0.15) is 11.4 Å². The third kappa shape index (κ3) is 5.09. The van der Waals surface area contributed by atoms with Gasteiger partial charge in [0.2, 0.25) is 0 Å². The molecule has 0 radical (unpaired) electrons. The third-order valence-corrected chi connectivity index (χ3v) is 2.93. The Labute approximate surface area is 110 Å². The summed E-state index contributed by atoms with van der Waals surface area (Å²) in [6.07, 6.45) is 3.71. The van der Waals surface area contributed by atoms with Crippen LogP contribution < -0.4 is 4.74 Å². The summed E-state index contributed by atoms with van der Waals surface area (Å²) in [7, 11) is 0. The van der Waals surface area contributed by atoms with Crippen molar-refractivity contribution in [2.45, 2.75) is 45.6 Å². The Morgan fingerprint density at radius 1 is 1.11 bits per heavy atom. The smallest absolute Gasteiger partial charge is 0.120 e. The summed E-state index contributed by atoms with van der Waals surface area (Å²) in [5.41, 5.74) is 1.18. The van der Waals surface area contributed by atoms with E-state index in [9.17, 15) is 0 Å². The third-order valence-electron chi connectivity index (χ3n) is 2.93. The fourth-order valence-corrected chi connectivity index (χ4v) is 1.80. The molecule has 0 spiro atoms. The first-order valence-corrected chi connectivity index (χ1v) is 6.89. The lowest BCUT2D eigenvalue weighted by Gasteiger charge is -2.21. The van der Waals surface area contributed by atoms with Crippen LogP contribution in [0.5, 0.6) is 5.75 Å². The molecule has 1 aliphatic carbocycles. The molecule has 2 rings (SSSR count). The van der Waals surface area contributed by atoms with E-state index in [0.29, 0.717) is 0 Å². The number of benzene rings is 1. The fraction of sp³-hybridized carbons (Fsp3) is 0.625. The van der Waals surface area contributed by atoms with E-state index in [0.717, 1.165) is 31.3 Å². The zero-order chi connectivity index (χ0) is 13.0. The number of hydrogen-bond donors (Lipinski definition) is 0. The topological polar surface area (TPSA) is 18.5 Å². The molecule has 1 aliphatic rings. The van der Waals surface area contributed by atoms with E-state index in [-0.39, 0.29) is 5.60 Å². The number of rotatable bonds is 6. The van der Waals surface area contributed by atoms with Gasteiger partial charge in [-0.25, -0.2) is 0 Å². The van der Waals surface area contributed by atoms with Crippen molar-refractivity contribution in [2.24, 2.45) is 5.92 Å². The van der Waals surface area contributed by atoms with E-state index in [4.69, 9.17) is 9.47 Å². The van der Waals surface area contributed by atoms with Crippen LogP contribution in [0.25, 0.3) is 0 Å². The maximum Gasteiger partial charge on any atom is 0.120 e. The second-order valence-electron chi connectivity index (χ2n) is 6.13. The number of hydrogen-bond acceptors (Lipinski definition) is 2. The molecule has 2 heteroatoms. The van der Waals surface area contributed by atoms with Crippen LogP contribution in [0.4, 0.5) is 0 Å². The second kappa shape index (κ2) is 5.75. The van der Waals surface area contributed by atoms with Gasteiger partial charge in [-0.2, -0.15) is 0 Å². The number of ether oxygens (including phenoxy) is 2. The molecule has 0 N–H and O–H groups in total. The maximum atomic E-state index is 5.79. The van der Waals surface area contributed by atoms with Crippen LogP contribution >= 0.6 is 0 Å². The van der Waals surface area contributed by atoms with Crippen LogP contribution in [0.1, 0.15) is 39.2 Å². The Bertz CT molecular complexity index is 358. The van der Waals surface area contributed by atoms with Crippen LogP contribution in [-0.2, 0) is 11.2 Å². The summed E-state index contributed by atoms with van der Waals surface area (Å²) in [6.45, 7) is 7.97. The highest BCUT2D eigenvalue weighted by Gasteiger charge is 2.20. The van der Waals surface area contributed by atoms with Crippen molar-refractivity contribution in [3.05, 3.63) is 29.8 Å². The molecule has 1 fully saturated rings. The van der Waals surface area contributed by atoms with E-state index >= 15 is 0 Å². The Hall–Kier alpha value is -1.02. The summed E-state index contributed by atoms with van der Waals surface area (Å²) in [5.74, 6) is 1.79. The molecular formula is C16H24O2. The van der Waals surface area contributed by atoms with Crippen molar-refractivity contribution in [2.75, 3.05) is 13.2 Å². The normalized spacial score (nSPS) is 15.7. The van der Waals surface area contributed by atoms with Gasteiger partial charge in [0, 0.05) is 6.61 Å². The van der Waals surface area contributed by atoms with Gasteiger partial charge in [-0.15, -0.1) is 0 Å². The standard InChI is InChI=1S/C16H24O2/c1-16(2,3)18-15-8-6-13(7-9-15)10-11-17-12-14-4-5-14/h6-9,14H,4-5,10-12H2,1-3H3. The highest BCUT2D eigenvalue weighted by molar-refractivity contribution is 5.27. The van der Waals surface area contributed by atoms with Crippen molar-refractivity contribution in [1.29, 1.82) is 0 Å². The molecule has 18 heavy (non-hydrogen) atoms. The summed E-state index contributed by atoms with van der Waals surface area (Å²) in [4.78, 5) is 0. The quantitative estimate of drug-likeness (QED) is 0.712. The molecule has 0 aromatic heterocycles. The lowest BCUT2D eigenvalue weighted by atomic mass is 10.1. The van der Waals surface area contributed by atoms with E-state index in [1.807, 2.05) is 12.1 Å². The second-order valence-corrected chi connectivity index (χ2v) is 6.13. The van der Waals surface area contributed by atoms with Crippen LogP contribution in [-0.4, -0.2) is 18.8 Å². The molecule has 0 aliphatic heterocycles. The first-order valence-electron chi connectivity index (χ1n) is 6.89. The first kappa shape index (κ1) is 13.4. The molecular weight excluding hydrogens is 224 g/mol. The van der Waals surface area contributed by atoms with Gasteiger partial charge in [-0.1, -0.05) is 12.1 Å². The van der Waals surface area contributed by atoms with Crippen molar-refractivity contribution < 1.29 is 9.47 Å². The minimum Gasteiger partial charge on any atom is -0.488 e. The van der Waals surface area contributed by atoms with Gasteiger partial charge in [0.25, 0.3) is 0 Å². The summed E-state index contributed by atoms with van der Waals surface area (Å²) < 4.78 is 11.4. The maximum absolute atomic E-state index is 5.79. The molecule has 0 bridgehead atoms. The zero-order valence-corrected chi connectivity index (χ0v) is 11.7. The first-order chi connectivity index (χ1) is 8.53. The molecule has 1 aromatic rings. The monoisotopic (exact) mass is 248 g/mol. The molecule has 0 unspecified atom stereocenters. The molecule has 2 nitrogen and oxygen atoms in total. The van der Waals surface area contributed by atoms with Gasteiger partial charge in [-0.05, 0) is 63.6 Å². The van der Waals surface area contributed by atoms with Gasteiger partial charge < -0.3 is 9.47 Å². The highest BCUT2D eigenvalue weighted by Crippen LogP contribution is 2.28. The van der Waals surface area contributed by atoms with Crippen molar-refractivity contribution in [1.82, 2.24) is 0 Å². The molecule has 0 amide bonds. The van der Waals surface area contributed by atoms with E-state index in [2.05, 4.69) is 32.9 Å². The predicted molar refractivity (Wildman–Crippen MR) is 74.1 cm³/mol. The highest BCUT2D eigenvalue weighted by atomic mass is 16.5. The van der Waals surface area contributed by atoms with E-state index in [1.165, 1.54) is 18.4 Å². The van der Waals surface area contributed by atoms with Gasteiger partial charge in [0.05, 0.1) is 6.61 Å². The Balaban J connectivity index is 1.72. The van der Waals surface area contributed by atoms with Gasteiger partial charge >= 0.3 is 0 Å². The van der Waals surface area contributed by atoms with Crippen LogP contribution in [0, 0.1) is 5.92 Å². The zero-order valence-electron chi connectivity index (χ0n) is 11.7. The molecule has 0 atom stereocenters. The molecule has 1 saturated carbocycles. The Kier molecular flexibility index (Phi) is 4.28. The predicted octanol–water partition coefficient (Wildman–Crippen LogP) is 3.83.